The highest BCUT2D eigenvalue weighted by atomic mass is 16.4. The summed E-state index contributed by atoms with van der Waals surface area (Å²) < 4.78 is 0. The topological polar surface area (TPSA) is 98.7 Å². The second-order valence-electron chi connectivity index (χ2n) is 6.23. The lowest BCUT2D eigenvalue weighted by molar-refractivity contribution is -0.142. The van der Waals surface area contributed by atoms with Crippen LogP contribution in [0.25, 0.3) is 0 Å². The predicted octanol–water partition coefficient (Wildman–Crippen LogP) is 0.980. The zero-order valence-electron chi connectivity index (χ0n) is 13.9. The predicted molar refractivity (Wildman–Crippen MR) is 88.4 cm³/mol. The Morgan fingerprint density at radius 3 is 2.50 bits per heavy atom. The molecule has 3 N–H and O–H groups in total. The van der Waals surface area contributed by atoms with Crippen LogP contribution in [0.4, 0.5) is 4.79 Å². The molecule has 0 saturated heterocycles. The van der Waals surface area contributed by atoms with Gasteiger partial charge in [0.1, 0.15) is 6.04 Å². The van der Waals surface area contributed by atoms with Crippen LogP contribution in [-0.2, 0) is 22.6 Å². The Labute approximate surface area is 141 Å². The van der Waals surface area contributed by atoms with Crippen molar-refractivity contribution >= 4 is 17.9 Å². The Morgan fingerprint density at radius 1 is 1.21 bits per heavy atom. The van der Waals surface area contributed by atoms with Crippen molar-refractivity contribution < 1.29 is 19.5 Å². The molecular formula is C17H23N3O4. The molecule has 0 fully saturated rings. The second kappa shape index (κ2) is 7.81. The molecule has 0 unspecified atom stereocenters. The maximum atomic E-state index is 12.2. The van der Waals surface area contributed by atoms with Gasteiger partial charge in [-0.2, -0.15) is 0 Å². The summed E-state index contributed by atoms with van der Waals surface area (Å²) in [6.07, 6.45) is 0.782. The molecule has 2 rings (SSSR count). The molecular weight excluding hydrogens is 310 g/mol. The van der Waals surface area contributed by atoms with Crippen LogP contribution < -0.4 is 10.6 Å². The third-order valence-corrected chi connectivity index (χ3v) is 4.07. The van der Waals surface area contributed by atoms with Crippen LogP contribution in [0.1, 0.15) is 25.0 Å². The molecule has 1 heterocycles. The number of carbonyl (C=O) groups excluding carboxylic acids is 2. The van der Waals surface area contributed by atoms with Crippen LogP contribution in [0.2, 0.25) is 0 Å². The summed E-state index contributed by atoms with van der Waals surface area (Å²) in [5, 5.41) is 14.0. The van der Waals surface area contributed by atoms with Gasteiger partial charge in [0, 0.05) is 13.1 Å². The third kappa shape index (κ3) is 4.47. The van der Waals surface area contributed by atoms with E-state index < -0.39 is 17.9 Å². The lowest BCUT2D eigenvalue weighted by Gasteiger charge is -2.29. The summed E-state index contributed by atoms with van der Waals surface area (Å²) in [4.78, 5) is 36.7. The van der Waals surface area contributed by atoms with Crippen molar-refractivity contribution in [2.75, 3.05) is 13.1 Å². The molecule has 24 heavy (non-hydrogen) atoms. The van der Waals surface area contributed by atoms with Crippen molar-refractivity contribution in [3.8, 4) is 0 Å². The van der Waals surface area contributed by atoms with Gasteiger partial charge in [0.15, 0.2) is 0 Å². The van der Waals surface area contributed by atoms with E-state index in [-0.39, 0.29) is 18.5 Å². The smallest absolute Gasteiger partial charge is 0.326 e. The molecule has 0 radical (unpaired) electrons. The van der Waals surface area contributed by atoms with Crippen molar-refractivity contribution in [1.29, 1.82) is 0 Å². The van der Waals surface area contributed by atoms with Gasteiger partial charge in [0.25, 0.3) is 0 Å². The largest absolute Gasteiger partial charge is 0.480 e. The highest BCUT2D eigenvalue weighted by Gasteiger charge is 2.24. The van der Waals surface area contributed by atoms with Crippen molar-refractivity contribution in [1.82, 2.24) is 15.5 Å². The van der Waals surface area contributed by atoms with E-state index in [0.717, 1.165) is 12.0 Å². The maximum Gasteiger partial charge on any atom is 0.326 e. The van der Waals surface area contributed by atoms with Crippen LogP contribution in [0.15, 0.2) is 24.3 Å². The summed E-state index contributed by atoms with van der Waals surface area (Å²) in [6, 6.07) is 6.67. The number of hydrogen-bond acceptors (Lipinski definition) is 3. The minimum atomic E-state index is -1.09. The number of urea groups is 1. The first-order valence-electron chi connectivity index (χ1n) is 8.00. The summed E-state index contributed by atoms with van der Waals surface area (Å²) >= 11 is 0. The number of amides is 3. The molecule has 7 heteroatoms. The van der Waals surface area contributed by atoms with Crippen molar-refractivity contribution in [3.05, 3.63) is 35.4 Å². The molecule has 130 valence electrons. The van der Waals surface area contributed by atoms with Gasteiger partial charge in [0.2, 0.25) is 5.91 Å². The molecule has 0 saturated carbocycles. The first kappa shape index (κ1) is 17.8. The first-order chi connectivity index (χ1) is 11.4. The Hall–Kier alpha value is -2.57. The maximum absolute atomic E-state index is 12.2. The van der Waals surface area contributed by atoms with Crippen LogP contribution >= 0.6 is 0 Å². The van der Waals surface area contributed by atoms with Crippen molar-refractivity contribution in [2.45, 2.75) is 32.9 Å². The highest BCUT2D eigenvalue weighted by Crippen LogP contribution is 2.18. The van der Waals surface area contributed by atoms with Gasteiger partial charge >= 0.3 is 12.0 Å². The molecule has 1 aliphatic rings. The lowest BCUT2D eigenvalue weighted by atomic mass is 10.0. The molecule has 1 atom stereocenters. The van der Waals surface area contributed by atoms with Gasteiger partial charge in [-0.1, -0.05) is 38.1 Å². The summed E-state index contributed by atoms with van der Waals surface area (Å²) in [5.74, 6) is -1.83. The minimum absolute atomic E-state index is 0.235. The standard InChI is InChI=1S/C17H23N3O4/c1-11(2)15(16(22)23)19-14(21)9-18-17(24)20-8-7-12-5-3-4-6-13(12)10-20/h3-6,11,15H,7-10H2,1-2H3,(H,18,24)(H,19,21)(H,22,23)/t15-/m0/s1. The lowest BCUT2D eigenvalue weighted by Crippen LogP contribution is -2.50. The fraction of sp³-hybridized carbons (Fsp3) is 0.471. The molecule has 0 aromatic heterocycles. The van der Waals surface area contributed by atoms with Crippen LogP contribution in [-0.4, -0.2) is 47.0 Å². The van der Waals surface area contributed by atoms with E-state index in [9.17, 15) is 14.4 Å². The number of benzene rings is 1. The zero-order valence-corrected chi connectivity index (χ0v) is 13.9. The van der Waals surface area contributed by atoms with E-state index in [1.807, 2.05) is 18.2 Å². The normalized spacial score (nSPS) is 14.7. The minimum Gasteiger partial charge on any atom is -0.480 e. The Morgan fingerprint density at radius 2 is 1.88 bits per heavy atom. The van der Waals surface area contributed by atoms with Gasteiger partial charge in [0.05, 0.1) is 6.54 Å². The number of fused-ring (bicyclic) bond motifs is 1. The van der Waals surface area contributed by atoms with Crippen LogP contribution in [0.5, 0.6) is 0 Å². The number of rotatable bonds is 5. The monoisotopic (exact) mass is 333 g/mol. The van der Waals surface area contributed by atoms with Gasteiger partial charge in [-0.3, -0.25) is 4.79 Å². The van der Waals surface area contributed by atoms with E-state index >= 15 is 0 Å². The highest BCUT2D eigenvalue weighted by molar-refractivity contribution is 5.87. The molecule has 1 aliphatic heterocycles. The number of aliphatic carboxylic acids is 1. The van der Waals surface area contributed by atoms with Gasteiger partial charge in [-0.25, -0.2) is 9.59 Å². The van der Waals surface area contributed by atoms with E-state index in [4.69, 9.17) is 5.11 Å². The summed E-state index contributed by atoms with van der Waals surface area (Å²) in [5.41, 5.74) is 2.34. The molecule has 3 amide bonds. The Balaban J connectivity index is 1.83. The second-order valence-corrected chi connectivity index (χ2v) is 6.23. The van der Waals surface area contributed by atoms with Gasteiger partial charge < -0.3 is 20.6 Å². The van der Waals surface area contributed by atoms with Gasteiger partial charge in [-0.05, 0) is 23.5 Å². The zero-order chi connectivity index (χ0) is 17.7. The van der Waals surface area contributed by atoms with Crippen molar-refractivity contribution in [2.24, 2.45) is 5.92 Å². The average Bonchev–Trinajstić information content (AvgIpc) is 2.56. The van der Waals surface area contributed by atoms with Gasteiger partial charge in [-0.15, -0.1) is 0 Å². The van der Waals surface area contributed by atoms with Crippen molar-refractivity contribution in [3.63, 3.8) is 0 Å². The molecule has 1 aromatic rings. The number of carbonyl (C=O) groups is 3. The third-order valence-electron chi connectivity index (χ3n) is 4.07. The van der Waals surface area contributed by atoms with Crippen LogP contribution in [0, 0.1) is 5.92 Å². The fourth-order valence-electron chi connectivity index (χ4n) is 2.67. The molecule has 0 spiro atoms. The van der Waals surface area contributed by atoms with E-state index in [1.54, 1.807) is 18.7 Å². The fourth-order valence-corrected chi connectivity index (χ4v) is 2.67. The number of nitrogens with zero attached hydrogens (tertiary/aromatic N) is 1. The van der Waals surface area contributed by atoms with Crippen LogP contribution in [0.3, 0.4) is 0 Å². The molecule has 1 aromatic carbocycles. The molecule has 7 nitrogen and oxygen atoms in total. The Kier molecular flexibility index (Phi) is 5.78. The molecule has 0 bridgehead atoms. The Bertz CT molecular complexity index is 630. The van der Waals surface area contributed by atoms with E-state index in [0.29, 0.717) is 13.1 Å². The summed E-state index contributed by atoms with van der Waals surface area (Å²) in [7, 11) is 0. The summed E-state index contributed by atoms with van der Waals surface area (Å²) in [6.45, 7) is 4.28. The number of nitrogens with one attached hydrogen (secondary N) is 2. The quantitative estimate of drug-likeness (QED) is 0.748. The number of hydrogen-bond donors (Lipinski definition) is 3. The van der Waals surface area contributed by atoms with E-state index in [1.165, 1.54) is 5.56 Å². The molecule has 0 aliphatic carbocycles. The first-order valence-corrected chi connectivity index (χ1v) is 8.00. The van der Waals surface area contributed by atoms with E-state index in [2.05, 4.69) is 16.7 Å². The SMILES string of the molecule is CC(C)[C@H](NC(=O)CNC(=O)N1CCc2ccccc2C1)C(=O)O. The average molecular weight is 333 g/mol. The number of carboxylic acid groups (broad SMARTS) is 1. The number of carboxylic acids is 1.